The number of halogens is 3. The summed E-state index contributed by atoms with van der Waals surface area (Å²) in [6.07, 6.45) is 0.767. The van der Waals surface area contributed by atoms with Gasteiger partial charge in [-0.2, -0.15) is 0 Å². The lowest BCUT2D eigenvalue weighted by Gasteiger charge is -2.16. The molecule has 1 heterocycles. The van der Waals surface area contributed by atoms with E-state index in [-0.39, 0.29) is 5.41 Å². The number of aromatic nitrogens is 2. The van der Waals surface area contributed by atoms with Crippen LogP contribution >= 0.6 is 45.8 Å². The topological polar surface area (TPSA) is 25.8 Å². The van der Waals surface area contributed by atoms with Gasteiger partial charge in [0.2, 0.25) is 0 Å². The maximum absolute atomic E-state index is 5.90. The molecule has 0 spiro atoms. The smallest absolute Gasteiger partial charge is 0.147 e. The van der Waals surface area contributed by atoms with Gasteiger partial charge in [-0.3, -0.25) is 0 Å². The van der Waals surface area contributed by atoms with Gasteiger partial charge in [0, 0.05) is 6.42 Å². The Kier molecular flexibility index (Phi) is 4.00. The Labute approximate surface area is 108 Å². The number of hydrogen-bond acceptors (Lipinski definition) is 2. The van der Waals surface area contributed by atoms with Crippen molar-refractivity contribution in [2.45, 2.75) is 27.2 Å². The van der Waals surface area contributed by atoms with Gasteiger partial charge in [-0.25, -0.2) is 9.97 Å². The molecule has 0 fully saturated rings. The molecule has 78 valence electrons. The minimum atomic E-state index is 0.138. The lowest BCUT2D eigenvalue weighted by molar-refractivity contribution is 0.400. The first-order valence-corrected chi connectivity index (χ1v) is 6.00. The van der Waals surface area contributed by atoms with Gasteiger partial charge < -0.3 is 0 Å². The second-order valence-corrected chi connectivity index (χ2v) is 6.07. The van der Waals surface area contributed by atoms with Crippen molar-refractivity contribution < 1.29 is 0 Å². The minimum Gasteiger partial charge on any atom is -0.220 e. The summed E-state index contributed by atoms with van der Waals surface area (Å²) in [5.41, 5.74) is 0.138. The van der Waals surface area contributed by atoms with E-state index in [1.807, 2.05) is 22.6 Å². The molecule has 0 aliphatic rings. The number of hydrogen-bond donors (Lipinski definition) is 0. The molecule has 1 aromatic heterocycles. The van der Waals surface area contributed by atoms with Crippen molar-refractivity contribution >= 4 is 45.8 Å². The van der Waals surface area contributed by atoms with Crippen LogP contribution in [0.25, 0.3) is 0 Å². The van der Waals surface area contributed by atoms with Crippen LogP contribution in [-0.4, -0.2) is 9.97 Å². The van der Waals surface area contributed by atoms with Crippen molar-refractivity contribution in [1.82, 2.24) is 9.97 Å². The fraction of sp³-hybridized carbons (Fsp3) is 0.556. The molecule has 0 saturated heterocycles. The number of nitrogens with zero attached hydrogens (tertiary/aromatic N) is 2. The third-order valence-electron chi connectivity index (χ3n) is 1.51. The Balaban J connectivity index is 3.02. The van der Waals surface area contributed by atoms with Crippen LogP contribution in [0.3, 0.4) is 0 Å². The molecule has 0 amide bonds. The van der Waals surface area contributed by atoms with E-state index in [2.05, 4.69) is 30.7 Å². The van der Waals surface area contributed by atoms with Gasteiger partial charge in [-0.1, -0.05) is 44.0 Å². The van der Waals surface area contributed by atoms with E-state index in [1.165, 1.54) is 0 Å². The quantitative estimate of drug-likeness (QED) is 0.569. The Hall–Kier alpha value is 0.390. The molecule has 0 atom stereocenters. The SMILES string of the molecule is CC(C)(C)Cc1nc(Cl)c(I)c(Cl)n1. The van der Waals surface area contributed by atoms with Crippen LogP contribution in [0, 0.1) is 8.99 Å². The summed E-state index contributed by atoms with van der Waals surface area (Å²) in [7, 11) is 0. The molecule has 2 nitrogen and oxygen atoms in total. The standard InChI is InChI=1S/C9H11Cl2IN2/c1-9(2,3)4-5-13-7(10)6(12)8(11)14-5/h4H2,1-3H3. The molecule has 1 aromatic rings. The minimum absolute atomic E-state index is 0.138. The molecule has 0 unspecified atom stereocenters. The highest BCUT2D eigenvalue weighted by molar-refractivity contribution is 14.1. The van der Waals surface area contributed by atoms with Gasteiger partial charge in [-0.15, -0.1) is 0 Å². The molecule has 0 radical (unpaired) electrons. The molecule has 5 heteroatoms. The van der Waals surface area contributed by atoms with Crippen molar-refractivity contribution in [3.05, 3.63) is 19.7 Å². The van der Waals surface area contributed by atoms with Crippen LogP contribution in [0.1, 0.15) is 26.6 Å². The molecule has 14 heavy (non-hydrogen) atoms. The summed E-state index contributed by atoms with van der Waals surface area (Å²) in [4.78, 5) is 8.36. The van der Waals surface area contributed by atoms with E-state index in [0.29, 0.717) is 19.7 Å². The highest BCUT2D eigenvalue weighted by atomic mass is 127. The summed E-state index contributed by atoms with van der Waals surface area (Å²) in [6, 6.07) is 0. The highest BCUT2D eigenvalue weighted by Crippen LogP contribution is 2.25. The fourth-order valence-corrected chi connectivity index (χ4v) is 1.65. The zero-order valence-corrected chi connectivity index (χ0v) is 11.9. The maximum atomic E-state index is 5.90. The normalized spacial score (nSPS) is 11.9. The van der Waals surface area contributed by atoms with Crippen LogP contribution in [0.2, 0.25) is 10.3 Å². The number of rotatable bonds is 1. The largest absolute Gasteiger partial charge is 0.220 e. The van der Waals surface area contributed by atoms with Gasteiger partial charge in [0.25, 0.3) is 0 Å². The van der Waals surface area contributed by atoms with E-state index in [1.54, 1.807) is 0 Å². The van der Waals surface area contributed by atoms with E-state index < -0.39 is 0 Å². The molecule has 0 N–H and O–H groups in total. The first kappa shape index (κ1) is 12.5. The first-order valence-electron chi connectivity index (χ1n) is 4.17. The van der Waals surface area contributed by atoms with Crippen LogP contribution in [-0.2, 0) is 6.42 Å². The van der Waals surface area contributed by atoms with E-state index in [4.69, 9.17) is 23.2 Å². The van der Waals surface area contributed by atoms with Crippen molar-refractivity contribution in [1.29, 1.82) is 0 Å². The Morgan fingerprint density at radius 1 is 1.14 bits per heavy atom. The molecular weight excluding hydrogens is 334 g/mol. The second kappa shape index (κ2) is 4.49. The summed E-state index contributed by atoms with van der Waals surface area (Å²) < 4.78 is 0.712. The maximum Gasteiger partial charge on any atom is 0.147 e. The summed E-state index contributed by atoms with van der Waals surface area (Å²) in [5.74, 6) is 0.702. The van der Waals surface area contributed by atoms with Crippen molar-refractivity contribution in [2.24, 2.45) is 5.41 Å². The predicted molar refractivity (Wildman–Crippen MR) is 67.9 cm³/mol. The van der Waals surface area contributed by atoms with Crippen molar-refractivity contribution in [3.63, 3.8) is 0 Å². The van der Waals surface area contributed by atoms with Gasteiger partial charge in [0.15, 0.2) is 0 Å². The molecule has 0 saturated carbocycles. The van der Waals surface area contributed by atoms with E-state index >= 15 is 0 Å². The van der Waals surface area contributed by atoms with Crippen LogP contribution in [0.4, 0.5) is 0 Å². The van der Waals surface area contributed by atoms with Crippen LogP contribution in [0.5, 0.6) is 0 Å². The predicted octanol–water partition coefficient (Wildman–Crippen LogP) is 3.98. The molecular formula is C9H11Cl2IN2. The average molecular weight is 345 g/mol. The molecule has 0 aliphatic heterocycles. The van der Waals surface area contributed by atoms with Crippen molar-refractivity contribution in [3.8, 4) is 0 Å². The van der Waals surface area contributed by atoms with E-state index in [0.717, 1.165) is 6.42 Å². The third-order valence-corrected chi connectivity index (χ3v) is 3.71. The van der Waals surface area contributed by atoms with E-state index in [9.17, 15) is 0 Å². The molecule has 1 rings (SSSR count). The summed E-state index contributed by atoms with van der Waals surface area (Å²) >= 11 is 13.8. The zero-order valence-electron chi connectivity index (χ0n) is 8.24. The Morgan fingerprint density at radius 2 is 1.57 bits per heavy atom. The average Bonchev–Trinajstić information content (AvgIpc) is 1.96. The highest BCUT2D eigenvalue weighted by Gasteiger charge is 2.16. The van der Waals surface area contributed by atoms with Crippen molar-refractivity contribution in [2.75, 3.05) is 0 Å². The molecule has 0 bridgehead atoms. The van der Waals surface area contributed by atoms with Crippen LogP contribution in [0.15, 0.2) is 0 Å². The molecule has 0 aliphatic carbocycles. The Bertz CT molecular complexity index is 324. The van der Waals surface area contributed by atoms with Crippen LogP contribution < -0.4 is 0 Å². The Morgan fingerprint density at radius 3 is 1.93 bits per heavy atom. The van der Waals surface area contributed by atoms with Gasteiger partial charge >= 0.3 is 0 Å². The lowest BCUT2D eigenvalue weighted by atomic mass is 9.92. The van der Waals surface area contributed by atoms with Gasteiger partial charge in [-0.05, 0) is 28.0 Å². The first-order chi connectivity index (χ1) is 6.29. The van der Waals surface area contributed by atoms with Gasteiger partial charge in [0.1, 0.15) is 16.1 Å². The monoisotopic (exact) mass is 344 g/mol. The fourth-order valence-electron chi connectivity index (χ4n) is 0.988. The second-order valence-electron chi connectivity index (χ2n) is 4.27. The lowest BCUT2D eigenvalue weighted by Crippen LogP contribution is -2.12. The van der Waals surface area contributed by atoms with Gasteiger partial charge in [0.05, 0.1) is 3.57 Å². The zero-order chi connectivity index (χ0) is 10.9. The molecule has 0 aromatic carbocycles. The summed E-state index contributed by atoms with van der Waals surface area (Å²) in [5, 5.41) is 0.870. The third kappa shape index (κ3) is 3.51. The summed E-state index contributed by atoms with van der Waals surface area (Å²) in [6.45, 7) is 6.36.